The lowest BCUT2D eigenvalue weighted by Gasteiger charge is -2.01. The largest absolute Gasteiger partial charge is 0.330 e. The summed E-state index contributed by atoms with van der Waals surface area (Å²) in [5, 5.41) is 12.2. The maximum atomic E-state index is 11.8. The van der Waals surface area contributed by atoms with Gasteiger partial charge in [-0.2, -0.15) is 0 Å². The molecular weight excluding hydrogens is 292 g/mol. The van der Waals surface area contributed by atoms with Gasteiger partial charge in [-0.25, -0.2) is 0 Å². The van der Waals surface area contributed by atoms with Crippen LogP contribution in [0.2, 0.25) is 0 Å². The molecule has 0 aliphatic heterocycles. The second-order valence-corrected chi connectivity index (χ2v) is 6.15. The third-order valence-corrected chi connectivity index (χ3v) is 4.33. The van der Waals surface area contributed by atoms with Gasteiger partial charge in [0, 0.05) is 11.3 Å². The van der Waals surface area contributed by atoms with Gasteiger partial charge in [0.25, 0.3) is 0 Å². The van der Waals surface area contributed by atoms with Crippen LogP contribution in [0.1, 0.15) is 11.4 Å². The Morgan fingerprint density at radius 2 is 2.10 bits per heavy atom. The Morgan fingerprint density at radius 1 is 1.30 bits per heavy atom. The summed E-state index contributed by atoms with van der Waals surface area (Å²) in [7, 11) is 0. The number of carbonyl (C=O) groups excluding carboxylic acids is 1. The van der Waals surface area contributed by atoms with Crippen molar-refractivity contribution in [1.82, 2.24) is 10.2 Å². The van der Waals surface area contributed by atoms with E-state index in [9.17, 15) is 4.79 Å². The number of hydrogen-bond acceptors (Lipinski definition) is 6. The molecule has 5 nitrogen and oxygen atoms in total. The van der Waals surface area contributed by atoms with Crippen LogP contribution >= 0.6 is 23.1 Å². The quantitative estimate of drug-likeness (QED) is 0.766. The van der Waals surface area contributed by atoms with E-state index in [2.05, 4.69) is 15.5 Å². The van der Waals surface area contributed by atoms with Crippen LogP contribution in [-0.2, 0) is 11.2 Å². The van der Waals surface area contributed by atoms with Crippen LogP contribution < -0.4 is 11.1 Å². The number of nitrogens with two attached hydrogens (primary N) is 1. The van der Waals surface area contributed by atoms with E-state index < -0.39 is 0 Å². The number of aromatic nitrogens is 2. The summed E-state index contributed by atoms with van der Waals surface area (Å²) < 4.78 is 0. The minimum Gasteiger partial charge on any atom is -0.330 e. The number of aryl methyl sites for hydroxylation is 1. The third-order valence-electron chi connectivity index (χ3n) is 2.42. The average Bonchev–Trinajstić information content (AvgIpc) is 2.91. The van der Waals surface area contributed by atoms with Gasteiger partial charge in [0.2, 0.25) is 11.0 Å². The average molecular weight is 308 g/mol. The van der Waals surface area contributed by atoms with Crippen LogP contribution in [0, 0.1) is 0 Å². The van der Waals surface area contributed by atoms with Crippen LogP contribution in [0.5, 0.6) is 0 Å². The smallest absolute Gasteiger partial charge is 0.236 e. The van der Waals surface area contributed by atoms with E-state index in [1.54, 1.807) is 0 Å². The first-order chi connectivity index (χ1) is 9.78. The number of rotatable bonds is 7. The van der Waals surface area contributed by atoms with Gasteiger partial charge in [-0.15, -0.1) is 22.0 Å². The SMILES string of the molecule is NCCCc1nnc(NC(=O)CSc2ccccc2)s1. The predicted molar refractivity (Wildman–Crippen MR) is 83.1 cm³/mol. The zero-order valence-electron chi connectivity index (χ0n) is 10.9. The highest BCUT2D eigenvalue weighted by Crippen LogP contribution is 2.19. The monoisotopic (exact) mass is 308 g/mol. The predicted octanol–water partition coefficient (Wildman–Crippen LogP) is 2.16. The van der Waals surface area contributed by atoms with Gasteiger partial charge in [-0.05, 0) is 25.1 Å². The highest BCUT2D eigenvalue weighted by molar-refractivity contribution is 8.00. The highest BCUT2D eigenvalue weighted by atomic mass is 32.2. The molecule has 0 atom stereocenters. The molecule has 1 amide bonds. The Balaban J connectivity index is 1.78. The van der Waals surface area contributed by atoms with E-state index in [0.29, 0.717) is 17.4 Å². The first-order valence-corrected chi connectivity index (χ1v) is 8.08. The topological polar surface area (TPSA) is 80.9 Å². The van der Waals surface area contributed by atoms with Gasteiger partial charge in [0.1, 0.15) is 5.01 Å². The molecule has 1 aromatic heterocycles. The van der Waals surface area contributed by atoms with Crippen molar-refractivity contribution in [3.05, 3.63) is 35.3 Å². The number of amides is 1. The van der Waals surface area contributed by atoms with Gasteiger partial charge >= 0.3 is 0 Å². The molecule has 7 heteroatoms. The fourth-order valence-electron chi connectivity index (χ4n) is 1.48. The molecular formula is C13H16N4OS2. The summed E-state index contributed by atoms with van der Waals surface area (Å²) in [6.07, 6.45) is 1.69. The number of carbonyl (C=O) groups is 1. The molecule has 0 aliphatic carbocycles. The highest BCUT2D eigenvalue weighted by Gasteiger charge is 2.08. The molecule has 106 valence electrons. The van der Waals surface area contributed by atoms with Crippen molar-refractivity contribution >= 4 is 34.1 Å². The molecule has 0 aliphatic rings. The molecule has 0 unspecified atom stereocenters. The number of nitrogens with one attached hydrogen (secondary N) is 1. The van der Waals surface area contributed by atoms with Gasteiger partial charge < -0.3 is 5.73 Å². The molecule has 0 saturated carbocycles. The van der Waals surface area contributed by atoms with Crippen molar-refractivity contribution in [2.24, 2.45) is 5.73 Å². The van der Waals surface area contributed by atoms with Gasteiger partial charge in [-0.3, -0.25) is 10.1 Å². The summed E-state index contributed by atoms with van der Waals surface area (Å²) in [5.41, 5.74) is 5.44. The molecule has 3 N–H and O–H groups in total. The molecule has 0 radical (unpaired) electrons. The van der Waals surface area contributed by atoms with Crippen LogP contribution in [-0.4, -0.2) is 28.4 Å². The molecule has 1 heterocycles. The van der Waals surface area contributed by atoms with Crippen LogP contribution in [0.4, 0.5) is 5.13 Å². The first kappa shape index (κ1) is 15.0. The van der Waals surface area contributed by atoms with E-state index in [1.165, 1.54) is 23.1 Å². The maximum absolute atomic E-state index is 11.8. The van der Waals surface area contributed by atoms with E-state index in [1.807, 2.05) is 30.3 Å². The van der Waals surface area contributed by atoms with E-state index in [-0.39, 0.29) is 5.91 Å². The first-order valence-electron chi connectivity index (χ1n) is 6.28. The minimum atomic E-state index is -0.0691. The second-order valence-electron chi connectivity index (χ2n) is 4.04. The van der Waals surface area contributed by atoms with E-state index in [0.717, 1.165) is 22.7 Å². The van der Waals surface area contributed by atoms with Crippen LogP contribution in [0.15, 0.2) is 35.2 Å². The molecule has 20 heavy (non-hydrogen) atoms. The summed E-state index contributed by atoms with van der Waals surface area (Å²) in [6.45, 7) is 0.634. The lowest BCUT2D eigenvalue weighted by Crippen LogP contribution is -2.13. The van der Waals surface area contributed by atoms with E-state index in [4.69, 9.17) is 5.73 Å². The zero-order chi connectivity index (χ0) is 14.2. The zero-order valence-corrected chi connectivity index (χ0v) is 12.5. The Morgan fingerprint density at radius 3 is 2.85 bits per heavy atom. The number of hydrogen-bond donors (Lipinski definition) is 2. The molecule has 0 fully saturated rings. The summed E-state index contributed by atoms with van der Waals surface area (Å²) in [6, 6.07) is 9.82. The number of nitrogens with zero attached hydrogens (tertiary/aromatic N) is 2. The molecule has 0 saturated heterocycles. The Kier molecular flexibility index (Phi) is 5.97. The lowest BCUT2D eigenvalue weighted by atomic mass is 10.3. The maximum Gasteiger partial charge on any atom is 0.236 e. The number of anilines is 1. The standard InChI is InChI=1S/C13H16N4OS2/c14-8-4-7-12-16-17-13(20-12)15-11(18)9-19-10-5-2-1-3-6-10/h1-3,5-6H,4,7-9,14H2,(H,15,17,18). The molecule has 1 aromatic carbocycles. The summed E-state index contributed by atoms with van der Waals surface area (Å²) in [5.74, 6) is 0.294. The summed E-state index contributed by atoms with van der Waals surface area (Å²) in [4.78, 5) is 12.9. The van der Waals surface area contributed by atoms with Gasteiger partial charge in [0.05, 0.1) is 5.75 Å². The number of thioether (sulfide) groups is 1. The third kappa shape index (κ3) is 4.92. The molecule has 0 spiro atoms. The normalized spacial score (nSPS) is 10.4. The fraction of sp³-hybridized carbons (Fsp3) is 0.308. The lowest BCUT2D eigenvalue weighted by molar-refractivity contribution is -0.113. The van der Waals surface area contributed by atoms with Crippen LogP contribution in [0.3, 0.4) is 0 Å². The van der Waals surface area contributed by atoms with Crippen molar-refractivity contribution in [2.45, 2.75) is 17.7 Å². The fourth-order valence-corrected chi connectivity index (χ4v) is 3.00. The molecule has 0 bridgehead atoms. The molecule has 2 rings (SSSR count). The number of benzene rings is 1. The molecule has 2 aromatic rings. The summed E-state index contributed by atoms with van der Waals surface area (Å²) >= 11 is 2.90. The Labute approximate surface area is 126 Å². The van der Waals surface area contributed by atoms with Crippen molar-refractivity contribution in [1.29, 1.82) is 0 Å². The van der Waals surface area contributed by atoms with E-state index >= 15 is 0 Å². The minimum absolute atomic E-state index is 0.0691. The van der Waals surface area contributed by atoms with Crippen molar-refractivity contribution in [2.75, 3.05) is 17.6 Å². The van der Waals surface area contributed by atoms with Crippen molar-refractivity contribution in [3.8, 4) is 0 Å². The van der Waals surface area contributed by atoms with Gasteiger partial charge in [-0.1, -0.05) is 29.5 Å². The van der Waals surface area contributed by atoms with Crippen molar-refractivity contribution < 1.29 is 4.79 Å². The Hall–Kier alpha value is -1.44. The van der Waals surface area contributed by atoms with Crippen LogP contribution in [0.25, 0.3) is 0 Å². The van der Waals surface area contributed by atoms with Crippen molar-refractivity contribution in [3.63, 3.8) is 0 Å². The van der Waals surface area contributed by atoms with Gasteiger partial charge in [0.15, 0.2) is 0 Å². The Bertz CT molecular complexity index is 544. The second kappa shape index (κ2) is 7.98.